The van der Waals surface area contributed by atoms with Crippen molar-refractivity contribution in [3.63, 3.8) is 0 Å². The van der Waals surface area contributed by atoms with Crippen LogP contribution in [0.15, 0.2) is 42.5 Å². The maximum Gasteiger partial charge on any atom is 0.221 e. The van der Waals surface area contributed by atoms with Gasteiger partial charge in [0.25, 0.3) is 0 Å². The molecule has 0 aromatic heterocycles. The monoisotopic (exact) mass is 354 g/mol. The number of anilines is 1. The van der Waals surface area contributed by atoms with E-state index in [1.807, 2.05) is 0 Å². The third kappa shape index (κ3) is 5.41. The summed E-state index contributed by atoms with van der Waals surface area (Å²) in [5.74, 6) is -0.367. The average molecular weight is 355 g/mol. The van der Waals surface area contributed by atoms with E-state index in [9.17, 15) is 9.18 Å². The lowest BCUT2D eigenvalue weighted by molar-refractivity contribution is -0.120. The molecule has 23 heavy (non-hydrogen) atoms. The summed E-state index contributed by atoms with van der Waals surface area (Å²) in [5.41, 5.74) is 1.21. The molecule has 0 spiro atoms. The minimum atomic E-state index is -0.253. The first-order valence-electron chi connectivity index (χ1n) is 7.26. The number of hydrogen-bond acceptors (Lipinski definition) is 2. The smallest absolute Gasteiger partial charge is 0.221 e. The molecule has 0 fully saturated rings. The Hall–Kier alpha value is -1.78. The fourth-order valence-corrected chi connectivity index (χ4v) is 2.62. The van der Waals surface area contributed by atoms with Crippen molar-refractivity contribution >= 4 is 34.8 Å². The molecule has 0 unspecified atom stereocenters. The topological polar surface area (TPSA) is 41.1 Å². The Balaban J connectivity index is 1.70. The van der Waals surface area contributed by atoms with Crippen molar-refractivity contribution in [3.8, 4) is 0 Å². The van der Waals surface area contributed by atoms with Crippen molar-refractivity contribution in [3.05, 3.63) is 63.9 Å². The zero-order chi connectivity index (χ0) is 16.7. The van der Waals surface area contributed by atoms with Gasteiger partial charge in [-0.25, -0.2) is 4.39 Å². The largest absolute Gasteiger partial charge is 0.382 e. The number of hydrogen-bond donors (Lipinski definition) is 2. The van der Waals surface area contributed by atoms with Crippen LogP contribution in [0.3, 0.4) is 0 Å². The van der Waals surface area contributed by atoms with E-state index in [0.29, 0.717) is 40.8 Å². The Morgan fingerprint density at radius 1 is 1.00 bits per heavy atom. The van der Waals surface area contributed by atoms with Crippen molar-refractivity contribution in [2.24, 2.45) is 0 Å². The molecule has 0 heterocycles. The van der Waals surface area contributed by atoms with Crippen LogP contribution < -0.4 is 10.6 Å². The molecular formula is C17H17Cl2FN2O. The van der Waals surface area contributed by atoms with Crippen LogP contribution >= 0.6 is 23.2 Å². The lowest BCUT2D eigenvalue weighted by atomic mass is 10.1. The fraction of sp³-hybridized carbons (Fsp3) is 0.235. The van der Waals surface area contributed by atoms with Crippen LogP contribution in [0, 0.1) is 5.82 Å². The van der Waals surface area contributed by atoms with Crippen LogP contribution in [0.4, 0.5) is 10.1 Å². The first kappa shape index (κ1) is 17.6. The molecule has 0 saturated heterocycles. The van der Waals surface area contributed by atoms with Gasteiger partial charge in [-0.15, -0.1) is 0 Å². The SMILES string of the molecule is O=C(CCNc1c(Cl)cccc1Cl)NCCc1ccccc1F. The van der Waals surface area contributed by atoms with Gasteiger partial charge >= 0.3 is 0 Å². The molecule has 6 heteroatoms. The molecule has 0 atom stereocenters. The summed E-state index contributed by atoms with van der Waals surface area (Å²) in [6.07, 6.45) is 0.737. The van der Waals surface area contributed by atoms with Crippen LogP contribution in [-0.2, 0) is 11.2 Å². The van der Waals surface area contributed by atoms with Gasteiger partial charge in [0.05, 0.1) is 15.7 Å². The van der Waals surface area contributed by atoms with Crippen molar-refractivity contribution in [1.29, 1.82) is 0 Å². The maximum atomic E-state index is 13.4. The highest BCUT2D eigenvalue weighted by atomic mass is 35.5. The first-order chi connectivity index (χ1) is 11.1. The summed E-state index contributed by atoms with van der Waals surface area (Å²) in [6.45, 7) is 0.807. The molecule has 122 valence electrons. The average Bonchev–Trinajstić information content (AvgIpc) is 2.52. The lowest BCUT2D eigenvalue weighted by Crippen LogP contribution is -2.27. The van der Waals surface area contributed by atoms with E-state index in [1.54, 1.807) is 36.4 Å². The Labute approximate surface area is 144 Å². The second-order valence-corrected chi connectivity index (χ2v) is 5.78. The van der Waals surface area contributed by atoms with Gasteiger partial charge in [-0.2, -0.15) is 0 Å². The maximum absolute atomic E-state index is 13.4. The molecule has 1 amide bonds. The van der Waals surface area contributed by atoms with Crippen LogP contribution in [0.5, 0.6) is 0 Å². The number of carbonyl (C=O) groups excluding carboxylic acids is 1. The fourth-order valence-electron chi connectivity index (χ4n) is 2.09. The summed E-state index contributed by atoms with van der Waals surface area (Å²) < 4.78 is 13.4. The lowest BCUT2D eigenvalue weighted by Gasteiger charge is -2.10. The third-order valence-electron chi connectivity index (χ3n) is 3.29. The van der Waals surface area contributed by atoms with Crippen LogP contribution in [-0.4, -0.2) is 19.0 Å². The third-order valence-corrected chi connectivity index (χ3v) is 3.92. The van der Waals surface area contributed by atoms with Crippen molar-refractivity contribution in [2.45, 2.75) is 12.8 Å². The van der Waals surface area contributed by atoms with E-state index < -0.39 is 0 Å². The molecule has 2 rings (SSSR count). The Bertz CT molecular complexity index is 659. The van der Waals surface area contributed by atoms with Gasteiger partial charge in [0.15, 0.2) is 0 Å². The number of para-hydroxylation sites is 1. The second kappa shape index (κ2) is 8.75. The van der Waals surface area contributed by atoms with Crippen molar-refractivity contribution in [2.75, 3.05) is 18.4 Å². The van der Waals surface area contributed by atoms with Crippen LogP contribution in [0.25, 0.3) is 0 Å². The summed E-state index contributed by atoms with van der Waals surface area (Å²) in [7, 11) is 0. The minimum absolute atomic E-state index is 0.114. The van der Waals surface area contributed by atoms with E-state index in [4.69, 9.17) is 23.2 Å². The van der Waals surface area contributed by atoms with Crippen LogP contribution in [0.2, 0.25) is 10.0 Å². The highest BCUT2D eigenvalue weighted by molar-refractivity contribution is 6.39. The standard InChI is InChI=1S/C17H17Cl2FN2O/c18-13-5-3-6-14(19)17(13)22-11-9-16(23)21-10-8-12-4-1-2-7-15(12)20/h1-7,22H,8-11H2,(H,21,23). The number of amides is 1. The van der Waals surface area contributed by atoms with Crippen LogP contribution in [0.1, 0.15) is 12.0 Å². The van der Waals surface area contributed by atoms with Crippen molar-refractivity contribution < 1.29 is 9.18 Å². The Kier molecular flexibility index (Phi) is 6.68. The molecule has 0 aliphatic heterocycles. The summed E-state index contributed by atoms with van der Waals surface area (Å²) in [5, 5.41) is 6.83. The predicted octanol–water partition coefficient (Wildman–Crippen LogP) is 4.29. The van der Waals surface area contributed by atoms with Gasteiger partial charge < -0.3 is 10.6 Å². The molecule has 0 bridgehead atoms. The Morgan fingerprint density at radius 3 is 2.39 bits per heavy atom. The van der Waals surface area contributed by atoms with Gasteiger partial charge in [0.2, 0.25) is 5.91 Å². The zero-order valence-corrected chi connectivity index (χ0v) is 13.9. The molecule has 0 saturated carbocycles. The molecule has 0 aliphatic carbocycles. The Morgan fingerprint density at radius 2 is 1.70 bits per heavy atom. The molecule has 2 aromatic carbocycles. The predicted molar refractivity (Wildman–Crippen MR) is 92.7 cm³/mol. The molecular weight excluding hydrogens is 338 g/mol. The molecule has 2 aromatic rings. The molecule has 3 nitrogen and oxygen atoms in total. The van der Waals surface area contributed by atoms with E-state index in [1.165, 1.54) is 6.07 Å². The quantitative estimate of drug-likeness (QED) is 0.778. The van der Waals surface area contributed by atoms with Crippen molar-refractivity contribution in [1.82, 2.24) is 5.32 Å². The van der Waals surface area contributed by atoms with E-state index in [-0.39, 0.29) is 18.1 Å². The van der Waals surface area contributed by atoms with E-state index >= 15 is 0 Å². The molecule has 0 aliphatic rings. The zero-order valence-electron chi connectivity index (χ0n) is 12.4. The van der Waals surface area contributed by atoms with Gasteiger partial charge in [0.1, 0.15) is 5.82 Å². The highest BCUT2D eigenvalue weighted by Crippen LogP contribution is 2.29. The summed E-state index contributed by atoms with van der Waals surface area (Å²) >= 11 is 12.1. The van der Waals surface area contributed by atoms with E-state index in [0.717, 1.165) is 0 Å². The van der Waals surface area contributed by atoms with Gasteiger partial charge in [-0.1, -0.05) is 47.5 Å². The number of rotatable bonds is 7. The second-order valence-electron chi connectivity index (χ2n) is 4.96. The summed E-state index contributed by atoms with van der Waals surface area (Å²) in [4.78, 5) is 11.8. The van der Waals surface area contributed by atoms with Gasteiger partial charge in [-0.3, -0.25) is 4.79 Å². The number of halogens is 3. The summed E-state index contributed by atoms with van der Waals surface area (Å²) in [6, 6.07) is 11.7. The molecule has 2 N–H and O–H groups in total. The minimum Gasteiger partial charge on any atom is -0.382 e. The normalized spacial score (nSPS) is 10.4. The number of nitrogens with one attached hydrogen (secondary N) is 2. The number of carbonyl (C=O) groups is 1. The van der Waals surface area contributed by atoms with Gasteiger partial charge in [0, 0.05) is 19.5 Å². The van der Waals surface area contributed by atoms with Gasteiger partial charge in [-0.05, 0) is 30.2 Å². The number of benzene rings is 2. The first-order valence-corrected chi connectivity index (χ1v) is 8.01. The molecule has 0 radical (unpaired) electrons. The van der Waals surface area contributed by atoms with E-state index in [2.05, 4.69) is 10.6 Å². The highest BCUT2D eigenvalue weighted by Gasteiger charge is 2.06.